The number of piperidine rings is 2. The summed E-state index contributed by atoms with van der Waals surface area (Å²) < 4.78 is 5.76. The van der Waals surface area contributed by atoms with Crippen LogP contribution in [-0.2, 0) is 4.74 Å². The minimum atomic E-state index is -0.879. The summed E-state index contributed by atoms with van der Waals surface area (Å²) >= 11 is 0. The molecule has 2 amide bonds. The summed E-state index contributed by atoms with van der Waals surface area (Å²) in [7, 11) is 0. The molecule has 276 valence electrons. The lowest BCUT2D eigenvalue weighted by Crippen LogP contribution is -2.48. The van der Waals surface area contributed by atoms with Gasteiger partial charge in [-0.05, 0) is 111 Å². The molecule has 2 saturated heterocycles. The molecule has 0 unspecified atom stereocenters. The van der Waals surface area contributed by atoms with E-state index in [1.54, 1.807) is 11.1 Å². The van der Waals surface area contributed by atoms with Gasteiger partial charge in [0.05, 0.1) is 62.6 Å². The largest absolute Gasteiger partial charge is 0.465 e. The Labute approximate surface area is 312 Å². The number of carbonyl (C=O) groups excluding carboxylic acids is 1. The third kappa shape index (κ3) is 5.09. The first-order valence-electron chi connectivity index (χ1n) is 19.0. The number of aromatic nitrogens is 6. The van der Waals surface area contributed by atoms with Crippen molar-refractivity contribution >= 4 is 45.3 Å². The summed E-state index contributed by atoms with van der Waals surface area (Å²) in [4.78, 5) is 55.8. The van der Waals surface area contributed by atoms with Crippen LogP contribution >= 0.6 is 0 Å². The summed E-state index contributed by atoms with van der Waals surface area (Å²) in [6, 6.07) is 18.0. The molecule has 6 atom stereocenters. The molecule has 2 aliphatic heterocycles. The molecular weight excluding hydrogens is 681 g/mol. The Balaban J connectivity index is 0.897. The molecule has 4 fully saturated rings. The molecule has 10 rings (SSSR count). The minimum absolute atomic E-state index is 0.133. The zero-order valence-electron chi connectivity index (χ0n) is 31.3. The van der Waals surface area contributed by atoms with Gasteiger partial charge < -0.3 is 19.8 Å². The van der Waals surface area contributed by atoms with Crippen LogP contribution in [0.5, 0.6) is 0 Å². The van der Waals surface area contributed by atoms with Crippen molar-refractivity contribution in [2.75, 3.05) is 0 Å². The van der Waals surface area contributed by atoms with Crippen molar-refractivity contribution in [1.82, 2.24) is 39.7 Å². The first kappa shape index (κ1) is 33.1. The Kier molecular flexibility index (Phi) is 6.75. The van der Waals surface area contributed by atoms with E-state index in [0.717, 1.165) is 87.0 Å². The van der Waals surface area contributed by atoms with Crippen LogP contribution in [0.2, 0.25) is 0 Å². The van der Waals surface area contributed by atoms with E-state index in [2.05, 4.69) is 42.9 Å². The van der Waals surface area contributed by atoms with Gasteiger partial charge in [0.25, 0.3) is 0 Å². The number of nitrogens with zero attached hydrogens (tertiary/aromatic N) is 6. The molecular formula is C42H44N8O4. The molecule has 12 heteroatoms. The van der Waals surface area contributed by atoms with E-state index in [0.29, 0.717) is 17.7 Å². The number of hydrogen-bond acceptors (Lipinski definition) is 7. The second-order valence-corrected chi connectivity index (χ2v) is 17.8. The number of hydrogen-bond donors (Lipinski definition) is 3. The topological polar surface area (TPSA) is 153 Å². The molecule has 3 aromatic heterocycles. The second-order valence-electron chi connectivity index (χ2n) is 17.8. The van der Waals surface area contributed by atoms with Crippen LogP contribution in [0.4, 0.5) is 9.59 Å². The fourth-order valence-corrected chi connectivity index (χ4v) is 9.68. The molecule has 0 radical (unpaired) electrons. The monoisotopic (exact) mass is 724 g/mol. The highest BCUT2D eigenvalue weighted by molar-refractivity contribution is 5.88. The summed E-state index contributed by atoms with van der Waals surface area (Å²) in [6.07, 6.45) is 4.25. The number of ether oxygens (including phenoxy) is 1. The van der Waals surface area contributed by atoms with E-state index in [1.807, 2.05) is 68.1 Å². The Bertz CT molecular complexity index is 2540. The lowest BCUT2D eigenvalue weighted by Gasteiger charge is -2.39. The average molecular weight is 725 g/mol. The van der Waals surface area contributed by atoms with Crippen LogP contribution in [0.3, 0.4) is 0 Å². The van der Waals surface area contributed by atoms with Gasteiger partial charge in [-0.1, -0.05) is 39.0 Å². The number of H-pyrrole nitrogens is 2. The third-order valence-electron chi connectivity index (χ3n) is 12.3. The van der Waals surface area contributed by atoms with Crippen molar-refractivity contribution in [2.45, 2.75) is 96.5 Å². The van der Waals surface area contributed by atoms with Gasteiger partial charge in [-0.2, -0.15) is 0 Å². The normalized spacial score (nSPS) is 26.1. The standard InChI is InChI=1S/C42H44N8O4/c1-40(2,3)42-19-25(42)18-35(50(42)38(51)52)37-46-27-11-8-22(14-30(27)48-37)21-7-10-26-29(13-21)43-20-32(44-26)23-9-12-28-31(15-23)47-36(45-28)34-17-24-16-33(24)49(34)39(53)54-41(4,5)6/h7-15,20,24-25,33-35H,16-19H2,1-6H3,(H,45,47)(H,46,48)(H,51,52)/t24-,25-,33-,34+,35+,42-/m1/s1. The van der Waals surface area contributed by atoms with Crippen molar-refractivity contribution in [3.05, 3.63) is 72.4 Å². The van der Waals surface area contributed by atoms with Crippen molar-refractivity contribution in [3.8, 4) is 22.4 Å². The number of amides is 2. The SMILES string of the molecule is CC(C)(C)OC(=O)N1[C@@H]2C[C@@H]2C[C@H]1c1nc2ccc(-c3cnc4cc(-c5ccc6nc([C@@H]7C[C@@H]8C[C@@]8(C(C)(C)C)N7C(=O)O)[nH]c6c5)ccc4n3)cc2[nH]1. The van der Waals surface area contributed by atoms with Crippen molar-refractivity contribution in [3.63, 3.8) is 0 Å². The Morgan fingerprint density at radius 2 is 1.41 bits per heavy atom. The van der Waals surface area contributed by atoms with E-state index < -0.39 is 11.7 Å². The van der Waals surface area contributed by atoms with E-state index in [1.165, 1.54) is 0 Å². The van der Waals surface area contributed by atoms with Gasteiger partial charge in [0.1, 0.15) is 17.2 Å². The van der Waals surface area contributed by atoms with E-state index in [9.17, 15) is 14.7 Å². The second kappa shape index (κ2) is 11.0. The molecule has 0 spiro atoms. The number of nitrogens with one attached hydrogen (secondary N) is 2. The molecule has 3 aromatic carbocycles. The molecule has 0 bridgehead atoms. The van der Waals surface area contributed by atoms with Crippen molar-refractivity contribution in [1.29, 1.82) is 0 Å². The molecule has 54 heavy (non-hydrogen) atoms. The number of imidazole rings is 2. The number of likely N-dealkylation sites (tertiary alicyclic amines) is 2. The first-order chi connectivity index (χ1) is 25.7. The first-order valence-corrected chi connectivity index (χ1v) is 19.0. The van der Waals surface area contributed by atoms with E-state index >= 15 is 0 Å². The molecule has 2 aliphatic carbocycles. The Morgan fingerprint density at radius 3 is 2.07 bits per heavy atom. The summed E-state index contributed by atoms with van der Waals surface area (Å²) in [5.74, 6) is 2.35. The molecule has 4 aliphatic rings. The summed E-state index contributed by atoms with van der Waals surface area (Å²) in [6.45, 7) is 12.1. The highest BCUT2D eigenvalue weighted by Crippen LogP contribution is 2.68. The molecule has 2 saturated carbocycles. The molecule has 3 N–H and O–H groups in total. The van der Waals surface area contributed by atoms with Gasteiger partial charge in [-0.25, -0.2) is 24.5 Å². The van der Waals surface area contributed by atoms with Gasteiger partial charge >= 0.3 is 12.2 Å². The number of aromatic amines is 2. The zero-order chi connectivity index (χ0) is 37.5. The smallest absolute Gasteiger partial charge is 0.411 e. The lowest BCUT2D eigenvalue weighted by molar-refractivity contribution is 0.0175. The van der Waals surface area contributed by atoms with Crippen LogP contribution in [0.1, 0.15) is 91.0 Å². The maximum atomic E-state index is 13.1. The maximum absolute atomic E-state index is 13.1. The van der Waals surface area contributed by atoms with Gasteiger partial charge in [0, 0.05) is 11.6 Å². The van der Waals surface area contributed by atoms with Gasteiger partial charge in [0.15, 0.2) is 0 Å². The number of rotatable bonds is 4. The highest BCUT2D eigenvalue weighted by Gasteiger charge is 2.72. The Morgan fingerprint density at radius 1 is 0.778 bits per heavy atom. The number of carbonyl (C=O) groups is 2. The summed E-state index contributed by atoms with van der Waals surface area (Å²) in [5, 5.41) is 10.3. The van der Waals surface area contributed by atoms with E-state index in [-0.39, 0.29) is 35.2 Å². The Hall–Kier alpha value is -5.52. The molecule has 5 heterocycles. The van der Waals surface area contributed by atoms with Crippen LogP contribution in [0.15, 0.2) is 60.8 Å². The van der Waals surface area contributed by atoms with Crippen LogP contribution < -0.4 is 0 Å². The van der Waals surface area contributed by atoms with Gasteiger partial charge in [-0.15, -0.1) is 0 Å². The minimum Gasteiger partial charge on any atom is -0.465 e. The number of fused-ring (bicyclic) bond motifs is 5. The average Bonchev–Trinajstić information content (AvgIpc) is 3.74. The van der Waals surface area contributed by atoms with Crippen molar-refractivity contribution in [2.24, 2.45) is 17.3 Å². The van der Waals surface area contributed by atoms with E-state index in [4.69, 9.17) is 24.7 Å². The highest BCUT2D eigenvalue weighted by atomic mass is 16.6. The predicted octanol–water partition coefficient (Wildman–Crippen LogP) is 9.02. The van der Waals surface area contributed by atoms with Crippen LogP contribution in [-0.4, -0.2) is 74.2 Å². The van der Waals surface area contributed by atoms with Crippen molar-refractivity contribution < 1.29 is 19.4 Å². The number of benzene rings is 3. The molecule has 6 aromatic rings. The maximum Gasteiger partial charge on any atom is 0.411 e. The zero-order valence-corrected chi connectivity index (χ0v) is 31.3. The fraction of sp³-hybridized carbons (Fsp3) is 0.429. The summed E-state index contributed by atoms with van der Waals surface area (Å²) in [5.41, 5.74) is 7.62. The van der Waals surface area contributed by atoms with Gasteiger partial charge in [-0.3, -0.25) is 14.8 Å². The van der Waals surface area contributed by atoms with Crippen LogP contribution in [0, 0.1) is 17.3 Å². The molecule has 12 nitrogen and oxygen atoms in total. The lowest BCUT2D eigenvalue weighted by atomic mass is 9.82. The quantitative estimate of drug-likeness (QED) is 0.163. The van der Waals surface area contributed by atoms with Gasteiger partial charge in [0.2, 0.25) is 0 Å². The predicted molar refractivity (Wildman–Crippen MR) is 205 cm³/mol. The number of carboxylic acid groups (broad SMARTS) is 1. The van der Waals surface area contributed by atoms with Crippen LogP contribution in [0.25, 0.3) is 55.5 Å². The third-order valence-corrected chi connectivity index (χ3v) is 12.3. The fourth-order valence-electron chi connectivity index (χ4n) is 9.68.